The average molecular weight is 355 g/mol. The van der Waals surface area contributed by atoms with Crippen LogP contribution in [0.5, 0.6) is 0 Å². The van der Waals surface area contributed by atoms with Crippen LogP contribution in [-0.4, -0.2) is 40.9 Å². The Bertz CT molecular complexity index is 1030. The number of fused-ring (bicyclic) bond motifs is 1. The van der Waals surface area contributed by atoms with Gasteiger partial charge in [0.1, 0.15) is 0 Å². The number of anilines is 2. The Labute approximate surface area is 158 Å². The van der Waals surface area contributed by atoms with Crippen molar-refractivity contribution in [3.05, 3.63) is 79.3 Å². The van der Waals surface area contributed by atoms with E-state index in [0.717, 1.165) is 42.8 Å². The summed E-state index contributed by atoms with van der Waals surface area (Å²) in [4.78, 5) is 8.99. The minimum Gasteiger partial charge on any atom is -0.368 e. The maximum Gasteiger partial charge on any atom is 0.0761 e. The Balaban J connectivity index is 1.40. The van der Waals surface area contributed by atoms with E-state index >= 15 is 0 Å². The van der Waals surface area contributed by atoms with Crippen LogP contribution in [0.1, 0.15) is 0 Å². The molecular weight excluding hydrogens is 334 g/mol. The van der Waals surface area contributed by atoms with E-state index < -0.39 is 0 Å². The lowest BCUT2D eigenvalue weighted by molar-refractivity contribution is 0.653. The number of para-hydroxylation sites is 1. The summed E-state index contributed by atoms with van der Waals surface area (Å²) in [7, 11) is 0. The third-order valence-electron chi connectivity index (χ3n) is 5.23. The molecule has 5 heteroatoms. The van der Waals surface area contributed by atoms with Crippen molar-refractivity contribution in [3.63, 3.8) is 0 Å². The summed E-state index contributed by atoms with van der Waals surface area (Å²) >= 11 is 0. The maximum atomic E-state index is 4.59. The largest absolute Gasteiger partial charge is 0.368 e. The van der Waals surface area contributed by atoms with E-state index in [-0.39, 0.29) is 0 Å². The molecule has 0 amide bonds. The molecule has 1 aliphatic rings. The van der Waals surface area contributed by atoms with Crippen molar-refractivity contribution in [1.29, 1.82) is 0 Å². The SMILES string of the molecule is c1ccc(-n2ncc3ccc(N4CCN(c5ccncc5)CC4)cc32)cc1. The van der Waals surface area contributed by atoms with E-state index in [2.05, 4.69) is 62.3 Å². The molecule has 0 radical (unpaired) electrons. The van der Waals surface area contributed by atoms with Gasteiger partial charge in [0, 0.05) is 55.3 Å². The second-order valence-corrected chi connectivity index (χ2v) is 6.81. The first-order valence-corrected chi connectivity index (χ1v) is 9.32. The molecule has 2 aromatic heterocycles. The smallest absolute Gasteiger partial charge is 0.0761 e. The van der Waals surface area contributed by atoms with Gasteiger partial charge in [-0.3, -0.25) is 4.98 Å². The van der Waals surface area contributed by atoms with Crippen LogP contribution in [-0.2, 0) is 0 Å². The van der Waals surface area contributed by atoms with Gasteiger partial charge in [0.15, 0.2) is 0 Å². The molecule has 134 valence electrons. The number of benzene rings is 2. The molecular formula is C22H21N5. The third kappa shape index (κ3) is 3.01. The first-order valence-electron chi connectivity index (χ1n) is 9.32. The highest BCUT2D eigenvalue weighted by atomic mass is 15.3. The average Bonchev–Trinajstić information content (AvgIpc) is 3.18. The van der Waals surface area contributed by atoms with Crippen LogP contribution in [0.2, 0.25) is 0 Å². The molecule has 1 saturated heterocycles. The van der Waals surface area contributed by atoms with Crippen molar-refractivity contribution in [2.75, 3.05) is 36.0 Å². The number of hydrogen-bond donors (Lipinski definition) is 0. The summed E-state index contributed by atoms with van der Waals surface area (Å²) in [5, 5.41) is 5.75. The van der Waals surface area contributed by atoms with Crippen LogP contribution in [0.4, 0.5) is 11.4 Å². The van der Waals surface area contributed by atoms with E-state index in [9.17, 15) is 0 Å². The Morgan fingerprint density at radius 3 is 2.11 bits per heavy atom. The van der Waals surface area contributed by atoms with E-state index in [1.54, 1.807) is 0 Å². The van der Waals surface area contributed by atoms with Gasteiger partial charge in [-0.05, 0) is 42.5 Å². The minimum absolute atomic E-state index is 1.01. The number of nitrogens with zero attached hydrogens (tertiary/aromatic N) is 5. The molecule has 0 bridgehead atoms. The Kier molecular flexibility index (Phi) is 3.98. The molecule has 5 nitrogen and oxygen atoms in total. The van der Waals surface area contributed by atoms with Gasteiger partial charge in [-0.15, -0.1) is 0 Å². The van der Waals surface area contributed by atoms with Crippen LogP contribution in [0.3, 0.4) is 0 Å². The van der Waals surface area contributed by atoms with Gasteiger partial charge in [0.05, 0.1) is 17.4 Å². The van der Waals surface area contributed by atoms with Crippen LogP contribution in [0.15, 0.2) is 79.3 Å². The van der Waals surface area contributed by atoms with Crippen LogP contribution < -0.4 is 9.80 Å². The van der Waals surface area contributed by atoms with Crippen molar-refractivity contribution in [1.82, 2.24) is 14.8 Å². The Hall–Kier alpha value is -3.34. The van der Waals surface area contributed by atoms with E-state index in [1.807, 2.05) is 41.5 Å². The molecule has 0 spiro atoms. The zero-order valence-electron chi connectivity index (χ0n) is 15.1. The van der Waals surface area contributed by atoms with Crippen molar-refractivity contribution in [2.45, 2.75) is 0 Å². The molecule has 4 aromatic rings. The van der Waals surface area contributed by atoms with Gasteiger partial charge in [-0.1, -0.05) is 18.2 Å². The second-order valence-electron chi connectivity index (χ2n) is 6.81. The molecule has 0 N–H and O–H groups in total. The monoisotopic (exact) mass is 355 g/mol. The summed E-state index contributed by atoms with van der Waals surface area (Å²) in [5.74, 6) is 0. The van der Waals surface area contributed by atoms with Crippen LogP contribution >= 0.6 is 0 Å². The summed E-state index contributed by atoms with van der Waals surface area (Å²) in [6.07, 6.45) is 5.66. The predicted molar refractivity (Wildman–Crippen MR) is 110 cm³/mol. The normalized spacial score (nSPS) is 14.7. The fraction of sp³-hybridized carbons (Fsp3) is 0.182. The first kappa shape index (κ1) is 15.9. The molecule has 5 rings (SSSR count). The summed E-state index contributed by atoms with van der Waals surface area (Å²) in [5.41, 5.74) is 4.75. The highest BCUT2D eigenvalue weighted by molar-refractivity contribution is 5.84. The highest BCUT2D eigenvalue weighted by Crippen LogP contribution is 2.26. The molecule has 0 unspecified atom stereocenters. The van der Waals surface area contributed by atoms with E-state index in [0.29, 0.717) is 0 Å². The quantitative estimate of drug-likeness (QED) is 0.561. The van der Waals surface area contributed by atoms with Gasteiger partial charge < -0.3 is 9.80 Å². The summed E-state index contributed by atoms with van der Waals surface area (Å²) < 4.78 is 2.02. The van der Waals surface area contributed by atoms with E-state index in [1.165, 1.54) is 11.4 Å². The molecule has 3 heterocycles. The number of hydrogen-bond acceptors (Lipinski definition) is 4. The van der Waals surface area contributed by atoms with Crippen molar-refractivity contribution >= 4 is 22.3 Å². The fourth-order valence-corrected chi connectivity index (χ4v) is 3.76. The molecule has 1 aliphatic heterocycles. The zero-order valence-corrected chi connectivity index (χ0v) is 15.1. The molecule has 27 heavy (non-hydrogen) atoms. The number of piperazine rings is 1. The summed E-state index contributed by atoms with van der Waals surface area (Å²) in [6, 6.07) is 21.1. The van der Waals surface area contributed by atoms with Crippen LogP contribution in [0.25, 0.3) is 16.6 Å². The van der Waals surface area contributed by atoms with Crippen molar-refractivity contribution in [3.8, 4) is 5.69 Å². The lowest BCUT2D eigenvalue weighted by atomic mass is 10.2. The standard InChI is InChI=1S/C22H21N5/c1-2-4-20(5-3-1)27-22-16-21(7-6-18(22)17-24-27)26-14-12-25(13-15-26)19-8-10-23-11-9-19/h1-11,16-17H,12-15H2. The maximum absolute atomic E-state index is 4.59. The fourth-order valence-electron chi connectivity index (χ4n) is 3.76. The topological polar surface area (TPSA) is 37.2 Å². The number of rotatable bonds is 3. The van der Waals surface area contributed by atoms with Gasteiger partial charge in [0.25, 0.3) is 0 Å². The third-order valence-corrected chi connectivity index (χ3v) is 5.23. The van der Waals surface area contributed by atoms with Crippen LogP contribution in [0, 0.1) is 0 Å². The Morgan fingerprint density at radius 1 is 0.667 bits per heavy atom. The molecule has 0 aliphatic carbocycles. The summed E-state index contributed by atoms with van der Waals surface area (Å²) in [6.45, 7) is 4.04. The van der Waals surface area contributed by atoms with Gasteiger partial charge in [-0.2, -0.15) is 5.10 Å². The van der Waals surface area contributed by atoms with Gasteiger partial charge in [0.2, 0.25) is 0 Å². The molecule has 2 aromatic carbocycles. The van der Waals surface area contributed by atoms with Gasteiger partial charge >= 0.3 is 0 Å². The molecule has 0 saturated carbocycles. The minimum atomic E-state index is 1.01. The second kappa shape index (κ2) is 6.76. The zero-order chi connectivity index (χ0) is 18.1. The first-order chi connectivity index (χ1) is 13.4. The number of pyridine rings is 1. The van der Waals surface area contributed by atoms with E-state index in [4.69, 9.17) is 0 Å². The lowest BCUT2D eigenvalue weighted by Crippen LogP contribution is -2.46. The Morgan fingerprint density at radius 2 is 1.37 bits per heavy atom. The predicted octanol–water partition coefficient (Wildman–Crippen LogP) is 3.75. The lowest BCUT2D eigenvalue weighted by Gasteiger charge is -2.37. The highest BCUT2D eigenvalue weighted by Gasteiger charge is 2.18. The van der Waals surface area contributed by atoms with Crippen molar-refractivity contribution in [2.24, 2.45) is 0 Å². The van der Waals surface area contributed by atoms with Crippen molar-refractivity contribution < 1.29 is 0 Å². The molecule has 0 atom stereocenters. The van der Waals surface area contributed by atoms with Gasteiger partial charge in [-0.25, -0.2) is 4.68 Å². The molecule has 1 fully saturated rings. The number of aromatic nitrogens is 3.